The smallest absolute Gasteiger partial charge is 0.0329 e. The van der Waals surface area contributed by atoms with Crippen molar-refractivity contribution in [2.24, 2.45) is 11.3 Å². The predicted molar refractivity (Wildman–Crippen MR) is 41.4 cm³/mol. The molecule has 0 bridgehead atoms. The SMILES string of the molecule is C[C@@H]1CCCCC1(C)C. The van der Waals surface area contributed by atoms with Crippen LogP contribution >= 0.6 is 0 Å². The summed E-state index contributed by atoms with van der Waals surface area (Å²) in [5.41, 5.74) is 0.637. The molecule has 0 amide bonds. The third-order valence-electron chi connectivity index (χ3n) is 3.04. The minimum absolute atomic E-state index is 0.637. The molecule has 0 N–H and O–H groups in total. The molecule has 0 heterocycles. The van der Waals surface area contributed by atoms with Crippen molar-refractivity contribution in [3.8, 4) is 0 Å². The lowest BCUT2D eigenvalue weighted by molar-refractivity contribution is 0.154. The Morgan fingerprint density at radius 2 is 1.89 bits per heavy atom. The highest BCUT2D eigenvalue weighted by molar-refractivity contribution is 4.79. The third kappa shape index (κ3) is 1.47. The van der Waals surface area contributed by atoms with Crippen LogP contribution in [0.25, 0.3) is 0 Å². The molecule has 1 aliphatic carbocycles. The van der Waals surface area contributed by atoms with E-state index in [1.165, 1.54) is 25.7 Å². The van der Waals surface area contributed by atoms with Crippen LogP contribution in [0.3, 0.4) is 0 Å². The Bertz CT molecular complexity index is 92.2. The Hall–Kier alpha value is 0. The van der Waals surface area contributed by atoms with Gasteiger partial charge in [0.1, 0.15) is 0 Å². The van der Waals surface area contributed by atoms with Crippen molar-refractivity contribution >= 4 is 0 Å². The van der Waals surface area contributed by atoms with Crippen LogP contribution in [0.5, 0.6) is 0 Å². The van der Waals surface area contributed by atoms with Crippen LogP contribution in [0, 0.1) is 11.3 Å². The topological polar surface area (TPSA) is 0 Å². The third-order valence-corrected chi connectivity index (χ3v) is 3.04. The minimum atomic E-state index is 0.637. The van der Waals surface area contributed by atoms with E-state index in [0.717, 1.165) is 5.92 Å². The van der Waals surface area contributed by atoms with Crippen molar-refractivity contribution in [3.63, 3.8) is 0 Å². The molecule has 1 rings (SSSR count). The van der Waals surface area contributed by atoms with Crippen molar-refractivity contribution in [2.45, 2.75) is 46.5 Å². The van der Waals surface area contributed by atoms with Crippen molar-refractivity contribution in [2.75, 3.05) is 0 Å². The van der Waals surface area contributed by atoms with Gasteiger partial charge in [-0.15, -0.1) is 0 Å². The van der Waals surface area contributed by atoms with Gasteiger partial charge < -0.3 is 0 Å². The fraction of sp³-hybridized carbons (Fsp3) is 1.00. The largest absolute Gasteiger partial charge is 0.0620 e. The van der Waals surface area contributed by atoms with Crippen molar-refractivity contribution in [3.05, 3.63) is 0 Å². The average molecular weight is 126 g/mol. The summed E-state index contributed by atoms with van der Waals surface area (Å²) in [4.78, 5) is 0. The van der Waals surface area contributed by atoms with Gasteiger partial charge in [-0.3, -0.25) is 0 Å². The Morgan fingerprint density at radius 3 is 2.22 bits per heavy atom. The minimum Gasteiger partial charge on any atom is -0.0620 e. The van der Waals surface area contributed by atoms with E-state index >= 15 is 0 Å². The standard InChI is InChI=1S/C9H18/c1-8-6-4-5-7-9(8,2)3/h8H,4-7H2,1-3H3/t8-/m1/s1. The van der Waals surface area contributed by atoms with Crippen LogP contribution in [-0.2, 0) is 0 Å². The fourth-order valence-electron chi connectivity index (χ4n) is 1.67. The van der Waals surface area contributed by atoms with Gasteiger partial charge in [-0.25, -0.2) is 0 Å². The molecule has 1 atom stereocenters. The maximum absolute atomic E-state index is 2.40. The second kappa shape index (κ2) is 2.32. The maximum atomic E-state index is 2.40. The summed E-state index contributed by atoms with van der Waals surface area (Å²) < 4.78 is 0. The molecule has 1 saturated carbocycles. The van der Waals surface area contributed by atoms with Crippen LogP contribution < -0.4 is 0 Å². The van der Waals surface area contributed by atoms with E-state index < -0.39 is 0 Å². The van der Waals surface area contributed by atoms with Crippen LogP contribution in [-0.4, -0.2) is 0 Å². The maximum Gasteiger partial charge on any atom is -0.0329 e. The molecule has 0 spiro atoms. The quantitative estimate of drug-likeness (QED) is 0.467. The van der Waals surface area contributed by atoms with E-state index in [9.17, 15) is 0 Å². The highest BCUT2D eigenvalue weighted by Crippen LogP contribution is 2.39. The molecule has 9 heavy (non-hydrogen) atoms. The molecule has 1 aliphatic rings. The van der Waals surface area contributed by atoms with Crippen LogP contribution in [0.1, 0.15) is 46.5 Å². The van der Waals surface area contributed by atoms with E-state index in [1.54, 1.807) is 0 Å². The molecule has 1 fully saturated rings. The van der Waals surface area contributed by atoms with Crippen LogP contribution in [0.4, 0.5) is 0 Å². The zero-order chi connectivity index (χ0) is 6.91. The Kier molecular flexibility index (Phi) is 1.83. The molecular weight excluding hydrogens is 108 g/mol. The second-order valence-corrected chi connectivity index (χ2v) is 4.14. The van der Waals surface area contributed by atoms with Gasteiger partial charge >= 0.3 is 0 Å². The highest BCUT2D eigenvalue weighted by atomic mass is 14.3. The van der Waals surface area contributed by atoms with Gasteiger partial charge in [0.25, 0.3) is 0 Å². The van der Waals surface area contributed by atoms with Gasteiger partial charge in [0, 0.05) is 0 Å². The fourth-order valence-corrected chi connectivity index (χ4v) is 1.67. The summed E-state index contributed by atoms with van der Waals surface area (Å²) in [6, 6.07) is 0. The summed E-state index contributed by atoms with van der Waals surface area (Å²) >= 11 is 0. The normalized spacial score (nSPS) is 34.3. The van der Waals surface area contributed by atoms with Gasteiger partial charge in [-0.1, -0.05) is 40.0 Å². The molecule has 54 valence electrons. The Balaban J connectivity index is 2.49. The molecule has 0 aliphatic heterocycles. The first-order chi connectivity index (χ1) is 4.13. The summed E-state index contributed by atoms with van der Waals surface area (Å²) in [7, 11) is 0. The number of rotatable bonds is 0. The van der Waals surface area contributed by atoms with E-state index in [0.29, 0.717) is 5.41 Å². The predicted octanol–water partition coefficient (Wildman–Crippen LogP) is 3.22. The van der Waals surface area contributed by atoms with E-state index in [-0.39, 0.29) is 0 Å². The van der Waals surface area contributed by atoms with E-state index in [4.69, 9.17) is 0 Å². The van der Waals surface area contributed by atoms with Gasteiger partial charge in [0.15, 0.2) is 0 Å². The monoisotopic (exact) mass is 126 g/mol. The molecule has 0 nitrogen and oxygen atoms in total. The van der Waals surface area contributed by atoms with Gasteiger partial charge in [-0.2, -0.15) is 0 Å². The molecule has 0 aromatic carbocycles. The summed E-state index contributed by atoms with van der Waals surface area (Å²) in [5.74, 6) is 0.950. The summed E-state index contributed by atoms with van der Waals surface area (Å²) in [6.07, 6.45) is 5.81. The molecule has 0 aromatic rings. The van der Waals surface area contributed by atoms with Gasteiger partial charge in [0.05, 0.1) is 0 Å². The first kappa shape index (κ1) is 7.11. The van der Waals surface area contributed by atoms with Crippen molar-refractivity contribution in [1.29, 1.82) is 0 Å². The summed E-state index contributed by atoms with van der Waals surface area (Å²) in [5, 5.41) is 0. The van der Waals surface area contributed by atoms with E-state index in [2.05, 4.69) is 20.8 Å². The second-order valence-electron chi connectivity index (χ2n) is 4.14. The molecule has 0 unspecified atom stereocenters. The summed E-state index contributed by atoms with van der Waals surface area (Å²) in [6.45, 7) is 7.19. The zero-order valence-corrected chi connectivity index (χ0v) is 6.91. The lowest BCUT2D eigenvalue weighted by Crippen LogP contribution is -2.24. The molecule has 0 radical (unpaired) electrons. The zero-order valence-electron chi connectivity index (χ0n) is 6.91. The van der Waals surface area contributed by atoms with Crippen LogP contribution in [0.15, 0.2) is 0 Å². The van der Waals surface area contributed by atoms with Crippen molar-refractivity contribution in [1.82, 2.24) is 0 Å². The molecular formula is C9H18. The highest BCUT2D eigenvalue weighted by Gasteiger charge is 2.27. The lowest BCUT2D eigenvalue weighted by Gasteiger charge is -2.36. The van der Waals surface area contributed by atoms with E-state index in [1.807, 2.05) is 0 Å². The first-order valence-electron chi connectivity index (χ1n) is 4.13. The molecule has 0 saturated heterocycles. The number of hydrogen-bond donors (Lipinski definition) is 0. The van der Waals surface area contributed by atoms with Gasteiger partial charge in [-0.05, 0) is 17.8 Å². The lowest BCUT2D eigenvalue weighted by atomic mass is 9.70. The van der Waals surface area contributed by atoms with Crippen molar-refractivity contribution < 1.29 is 0 Å². The average Bonchev–Trinajstić information content (AvgIpc) is 1.77. The number of hydrogen-bond acceptors (Lipinski definition) is 0. The Morgan fingerprint density at radius 1 is 1.22 bits per heavy atom. The first-order valence-corrected chi connectivity index (χ1v) is 4.13. The van der Waals surface area contributed by atoms with Gasteiger partial charge in [0.2, 0.25) is 0 Å². The Labute approximate surface area is 58.7 Å². The molecule has 0 aromatic heterocycles. The van der Waals surface area contributed by atoms with Crippen LogP contribution in [0.2, 0.25) is 0 Å². The molecule has 0 heteroatoms.